The molecule has 0 aliphatic carbocycles. The fraction of sp³-hybridized carbons (Fsp3) is 0.400. The lowest BCUT2D eigenvalue weighted by molar-refractivity contribution is -0.149. The van der Waals surface area contributed by atoms with Gasteiger partial charge in [-0.1, -0.05) is 18.2 Å². The summed E-state index contributed by atoms with van der Waals surface area (Å²) < 4.78 is 73.4. The van der Waals surface area contributed by atoms with E-state index in [1.54, 1.807) is 18.2 Å². The lowest BCUT2D eigenvalue weighted by Crippen LogP contribution is -2.36. The van der Waals surface area contributed by atoms with Gasteiger partial charge in [0.15, 0.2) is 0 Å². The Bertz CT molecular complexity index is 1080. The molecule has 1 aromatic carbocycles. The lowest BCUT2D eigenvalue weighted by Gasteiger charge is -2.23. The summed E-state index contributed by atoms with van der Waals surface area (Å²) in [5, 5.41) is 22.0. The number of hydrogen-bond donors (Lipinski definition) is 3. The number of nitrogens with zero attached hydrogens (tertiary/aromatic N) is 1. The van der Waals surface area contributed by atoms with Crippen LogP contribution < -0.4 is 9.61 Å². The van der Waals surface area contributed by atoms with Crippen LogP contribution in [0.4, 0.5) is 0 Å². The molecular weight excluding hydrogens is 411 g/mol. The summed E-state index contributed by atoms with van der Waals surface area (Å²) in [5.41, 5.74) is 0.512. The summed E-state index contributed by atoms with van der Waals surface area (Å²) in [6.45, 7) is -4.66. The summed E-state index contributed by atoms with van der Waals surface area (Å²) in [6.07, 6.45) is -1.12. The van der Waals surface area contributed by atoms with E-state index in [0.29, 0.717) is 0 Å². The van der Waals surface area contributed by atoms with E-state index >= 15 is 0 Å². The fourth-order valence-corrected chi connectivity index (χ4v) is 3.83. The van der Waals surface area contributed by atoms with Gasteiger partial charge < -0.3 is 19.5 Å². The van der Waals surface area contributed by atoms with Crippen LogP contribution >= 0.6 is 7.75 Å². The van der Waals surface area contributed by atoms with E-state index in [4.69, 9.17) is 22.0 Å². The quantitative estimate of drug-likeness (QED) is 0.374. The number of carbonyl (C=O) groups is 1. The summed E-state index contributed by atoms with van der Waals surface area (Å²) >= 11 is 0. The van der Waals surface area contributed by atoms with Gasteiger partial charge in [-0.2, -0.15) is 5.09 Å². The highest BCUT2D eigenvalue weighted by Gasteiger charge is 2.33. The van der Waals surface area contributed by atoms with E-state index in [0.717, 1.165) is 6.92 Å². The van der Waals surface area contributed by atoms with Crippen LogP contribution in [0.1, 0.15) is 45.7 Å². The molecule has 0 aliphatic heterocycles. The molecule has 2 rings (SSSR count). The van der Waals surface area contributed by atoms with Gasteiger partial charge in [-0.05, 0) is 39.7 Å². The number of aryl methyl sites for hydroxylation is 1. The Kier molecular flexibility index (Phi) is 5.72. The average Bonchev–Trinajstić information content (AvgIpc) is 2.77. The second-order valence-electron chi connectivity index (χ2n) is 6.20. The van der Waals surface area contributed by atoms with E-state index in [2.05, 4.69) is 10.1 Å². The molecule has 1 heterocycles. The van der Waals surface area contributed by atoms with E-state index < -0.39 is 52.8 Å². The van der Waals surface area contributed by atoms with E-state index in [-0.39, 0.29) is 28.3 Å². The van der Waals surface area contributed by atoms with Crippen LogP contribution in [0.15, 0.2) is 36.5 Å². The van der Waals surface area contributed by atoms with Crippen molar-refractivity contribution in [1.82, 2.24) is 10.1 Å². The molecule has 2 aromatic rings. The molecule has 0 spiro atoms. The molecule has 164 valence electrons. The maximum atomic E-state index is 13.6. The molecule has 0 saturated heterocycles. The SMILES string of the molecule is [2H]C([2H])([2H])C(OC(=O)[C@H](C)NP(=O)(OCc1cnc(C)c(O)c1CO)Oc1ccccc1)C([2H])([2H])[2H]. The number of aliphatic hydroxyl groups excluding tert-OH is 1. The third kappa shape index (κ3) is 6.53. The van der Waals surface area contributed by atoms with Crippen LogP contribution in [0.5, 0.6) is 11.5 Å². The van der Waals surface area contributed by atoms with Crippen molar-refractivity contribution in [3.63, 3.8) is 0 Å². The maximum absolute atomic E-state index is 13.6. The lowest BCUT2D eigenvalue weighted by atomic mass is 10.1. The third-order valence-electron chi connectivity index (χ3n) is 3.89. The Morgan fingerprint density at radius 3 is 2.67 bits per heavy atom. The number of ether oxygens (including phenoxy) is 1. The van der Waals surface area contributed by atoms with Crippen molar-refractivity contribution >= 4 is 13.7 Å². The standard InChI is InChI=1S/C20H27N2O7P/c1-13(2)28-20(25)15(4)22-30(26,29-17-8-6-5-7-9-17)27-12-16-10-21-14(3)19(24)18(16)11-23/h5-10,13,15,23-24H,11-12H2,1-4H3,(H,22,26)/t15-,30?/m0/s1/i1D3,2D3. The molecule has 1 aromatic heterocycles. The number of carbonyl (C=O) groups excluding carboxylic acids is 1. The molecule has 0 bridgehead atoms. The van der Waals surface area contributed by atoms with Gasteiger partial charge in [0.25, 0.3) is 0 Å². The summed E-state index contributed by atoms with van der Waals surface area (Å²) in [6, 6.07) is 6.22. The zero-order chi connectivity index (χ0) is 27.3. The molecule has 0 saturated carbocycles. The minimum Gasteiger partial charge on any atom is -0.506 e. The van der Waals surface area contributed by atoms with Gasteiger partial charge in [0.2, 0.25) is 0 Å². The highest BCUT2D eigenvalue weighted by atomic mass is 31.2. The van der Waals surface area contributed by atoms with Gasteiger partial charge in [0.05, 0.1) is 25.0 Å². The minimum absolute atomic E-state index is 0.0828. The van der Waals surface area contributed by atoms with E-state index in [9.17, 15) is 19.6 Å². The number of benzene rings is 1. The zero-order valence-corrected chi connectivity index (χ0v) is 17.3. The number of rotatable bonds is 10. The van der Waals surface area contributed by atoms with Crippen molar-refractivity contribution in [3.05, 3.63) is 53.3 Å². The van der Waals surface area contributed by atoms with Gasteiger partial charge in [-0.3, -0.25) is 14.3 Å². The third-order valence-corrected chi connectivity index (χ3v) is 5.51. The van der Waals surface area contributed by atoms with Gasteiger partial charge in [0.1, 0.15) is 17.5 Å². The van der Waals surface area contributed by atoms with Crippen LogP contribution in [-0.2, 0) is 31.8 Å². The Morgan fingerprint density at radius 2 is 2.03 bits per heavy atom. The number of aromatic hydroxyl groups is 1. The molecular formula is C20H27N2O7P. The largest absolute Gasteiger partial charge is 0.506 e. The Balaban J connectivity index is 2.28. The molecule has 10 heteroatoms. The van der Waals surface area contributed by atoms with Crippen LogP contribution in [0, 0.1) is 6.92 Å². The van der Waals surface area contributed by atoms with Crippen LogP contribution in [0.25, 0.3) is 0 Å². The minimum atomic E-state index is -4.42. The van der Waals surface area contributed by atoms with Gasteiger partial charge >= 0.3 is 13.7 Å². The van der Waals surface area contributed by atoms with Gasteiger partial charge in [-0.25, -0.2) is 4.57 Å². The molecule has 9 nitrogen and oxygen atoms in total. The fourth-order valence-electron chi connectivity index (χ4n) is 2.36. The number of aliphatic hydroxyl groups is 1. The highest BCUT2D eigenvalue weighted by molar-refractivity contribution is 7.52. The highest BCUT2D eigenvalue weighted by Crippen LogP contribution is 2.46. The molecule has 0 radical (unpaired) electrons. The molecule has 0 aliphatic rings. The molecule has 30 heavy (non-hydrogen) atoms. The van der Waals surface area contributed by atoms with Crippen LogP contribution in [0.3, 0.4) is 0 Å². The first kappa shape index (κ1) is 16.3. The Labute approximate surface area is 184 Å². The van der Waals surface area contributed by atoms with Crippen molar-refractivity contribution < 1.29 is 41.6 Å². The second kappa shape index (κ2) is 10.5. The second-order valence-corrected chi connectivity index (χ2v) is 7.89. The predicted octanol–water partition coefficient (Wildman–Crippen LogP) is 3.22. The van der Waals surface area contributed by atoms with Crippen molar-refractivity contribution in [2.75, 3.05) is 0 Å². The summed E-state index contributed by atoms with van der Waals surface area (Å²) in [7, 11) is -4.42. The van der Waals surface area contributed by atoms with Crippen molar-refractivity contribution in [3.8, 4) is 11.5 Å². The first-order valence-electron chi connectivity index (χ1n) is 11.8. The molecule has 3 N–H and O–H groups in total. The van der Waals surface area contributed by atoms with Gasteiger partial charge in [0, 0.05) is 25.5 Å². The maximum Gasteiger partial charge on any atom is 0.459 e. The molecule has 0 fully saturated rings. The van der Waals surface area contributed by atoms with E-state index in [1.165, 1.54) is 25.3 Å². The smallest absolute Gasteiger partial charge is 0.459 e. The topological polar surface area (TPSA) is 127 Å². The Hall–Kier alpha value is -2.45. The summed E-state index contributed by atoms with van der Waals surface area (Å²) in [5.74, 6) is -1.51. The monoisotopic (exact) mass is 444 g/mol. The number of nitrogens with one attached hydrogen (secondary N) is 1. The first-order valence-corrected chi connectivity index (χ1v) is 10.4. The molecule has 1 unspecified atom stereocenters. The van der Waals surface area contributed by atoms with Crippen LogP contribution in [-0.4, -0.2) is 33.3 Å². The van der Waals surface area contributed by atoms with Crippen molar-refractivity contribution in [1.29, 1.82) is 0 Å². The number of aromatic nitrogens is 1. The van der Waals surface area contributed by atoms with Crippen molar-refractivity contribution in [2.45, 2.75) is 52.9 Å². The normalized spacial score (nSPS) is 18.0. The van der Waals surface area contributed by atoms with Gasteiger partial charge in [-0.15, -0.1) is 0 Å². The van der Waals surface area contributed by atoms with Crippen molar-refractivity contribution in [2.24, 2.45) is 0 Å². The van der Waals surface area contributed by atoms with E-state index in [1.807, 2.05) is 0 Å². The predicted molar refractivity (Wildman–Crippen MR) is 110 cm³/mol. The average molecular weight is 444 g/mol. The first-order chi connectivity index (χ1) is 16.6. The molecule has 0 amide bonds. The summed E-state index contributed by atoms with van der Waals surface area (Å²) in [4.78, 5) is 16.5. The molecule has 2 atom stereocenters. The number of para-hydroxylation sites is 1. The van der Waals surface area contributed by atoms with Crippen LogP contribution in [0.2, 0.25) is 0 Å². The number of pyridine rings is 1. The Morgan fingerprint density at radius 1 is 1.33 bits per heavy atom. The zero-order valence-electron chi connectivity index (χ0n) is 22.4. The number of esters is 1. The number of hydrogen-bond acceptors (Lipinski definition) is 8.